The van der Waals surface area contributed by atoms with Crippen molar-refractivity contribution in [1.82, 2.24) is 4.90 Å². The SMILES string of the molecule is CC(C)[C@H](O)[C@H](c1ccc2ccccc2c1)N(C)C. The second-order valence-corrected chi connectivity index (χ2v) is 5.75. The van der Waals surface area contributed by atoms with Crippen LogP contribution in [0.1, 0.15) is 25.5 Å². The van der Waals surface area contributed by atoms with E-state index in [0.717, 1.165) is 0 Å². The van der Waals surface area contributed by atoms with Crippen molar-refractivity contribution in [2.45, 2.75) is 26.0 Å². The molecular weight excluding hydrogens is 234 g/mol. The number of hydrogen-bond donors (Lipinski definition) is 1. The van der Waals surface area contributed by atoms with Gasteiger partial charge in [0.25, 0.3) is 0 Å². The Morgan fingerprint density at radius 3 is 2.16 bits per heavy atom. The maximum absolute atomic E-state index is 10.4. The van der Waals surface area contributed by atoms with E-state index in [-0.39, 0.29) is 18.1 Å². The number of fused-ring (bicyclic) bond motifs is 1. The number of hydrogen-bond acceptors (Lipinski definition) is 2. The van der Waals surface area contributed by atoms with Crippen LogP contribution >= 0.6 is 0 Å². The largest absolute Gasteiger partial charge is 0.391 e. The highest BCUT2D eigenvalue weighted by Gasteiger charge is 2.25. The summed E-state index contributed by atoms with van der Waals surface area (Å²) in [5.74, 6) is 0.235. The molecule has 0 aliphatic heterocycles. The molecular formula is C17H23NO. The molecule has 102 valence electrons. The van der Waals surface area contributed by atoms with Crippen molar-refractivity contribution < 1.29 is 5.11 Å². The van der Waals surface area contributed by atoms with Gasteiger partial charge in [0.15, 0.2) is 0 Å². The third-order valence-corrected chi connectivity index (χ3v) is 3.68. The predicted molar refractivity (Wildman–Crippen MR) is 81.2 cm³/mol. The first-order valence-electron chi connectivity index (χ1n) is 6.84. The normalized spacial score (nSPS) is 15.1. The van der Waals surface area contributed by atoms with Crippen molar-refractivity contribution in [3.63, 3.8) is 0 Å². The molecule has 0 amide bonds. The molecule has 0 aromatic heterocycles. The van der Waals surface area contributed by atoms with Crippen molar-refractivity contribution >= 4 is 10.8 Å². The van der Waals surface area contributed by atoms with Crippen LogP contribution < -0.4 is 0 Å². The summed E-state index contributed by atoms with van der Waals surface area (Å²) in [7, 11) is 4.04. The van der Waals surface area contributed by atoms with Crippen LogP contribution in [0, 0.1) is 5.92 Å². The van der Waals surface area contributed by atoms with Gasteiger partial charge in [0.1, 0.15) is 0 Å². The summed E-state index contributed by atoms with van der Waals surface area (Å²) in [6, 6.07) is 14.8. The fourth-order valence-electron chi connectivity index (χ4n) is 2.56. The molecule has 0 spiro atoms. The molecule has 1 N–H and O–H groups in total. The van der Waals surface area contributed by atoms with E-state index in [1.54, 1.807) is 0 Å². The van der Waals surface area contributed by atoms with Gasteiger partial charge in [-0.15, -0.1) is 0 Å². The van der Waals surface area contributed by atoms with Gasteiger partial charge in [-0.1, -0.05) is 50.2 Å². The van der Waals surface area contributed by atoms with E-state index in [4.69, 9.17) is 0 Å². The van der Waals surface area contributed by atoms with E-state index in [1.807, 2.05) is 20.2 Å². The van der Waals surface area contributed by atoms with Crippen molar-refractivity contribution in [3.8, 4) is 0 Å². The first-order valence-corrected chi connectivity index (χ1v) is 6.84. The first kappa shape index (κ1) is 14.0. The van der Waals surface area contributed by atoms with E-state index in [0.29, 0.717) is 0 Å². The van der Waals surface area contributed by atoms with Gasteiger partial charge < -0.3 is 10.0 Å². The molecule has 2 heteroatoms. The van der Waals surface area contributed by atoms with Crippen LogP contribution in [-0.2, 0) is 0 Å². The Labute approximate surface area is 115 Å². The second kappa shape index (κ2) is 5.72. The molecule has 0 saturated carbocycles. The quantitative estimate of drug-likeness (QED) is 0.906. The van der Waals surface area contributed by atoms with E-state index in [9.17, 15) is 5.11 Å². The second-order valence-electron chi connectivity index (χ2n) is 5.75. The maximum Gasteiger partial charge on any atom is 0.0759 e. The minimum absolute atomic E-state index is 0.0320. The Kier molecular flexibility index (Phi) is 4.23. The first-order chi connectivity index (χ1) is 9.00. The highest BCUT2D eigenvalue weighted by molar-refractivity contribution is 5.83. The van der Waals surface area contributed by atoms with Crippen LogP contribution in [-0.4, -0.2) is 30.2 Å². The summed E-state index contributed by atoms with van der Waals surface area (Å²) in [5.41, 5.74) is 1.17. The van der Waals surface area contributed by atoms with Gasteiger partial charge in [0.05, 0.1) is 12.1 Å². The van der Waals surface area contributed by atoms with Crippen molar-refractivity contribution in [3.05, 3.63) is 48.0 Å². The van der Waals surface area contributed by atoms with Crippen molar-refractivity contribution in [2.75, 3.05) is 14.1 Å². The van der Waals surface area contributed by atoms with Crippen LogP contribution in [0.5, 0.6) is 0 Å². The van der Waals surface area contributed by atoms with Gasteiger partial charge in [0.2, 0.25) is 0 Å². The van der Waals surface area contributed by atoms with E-state index < -0.39 is 0 Å². The monoisotopic (exact) mass is 257 g/mol. The summed E-state index contributed by atoms with van der Waals surface area (Å²) in [4.78, 5) is 2.09. The molecule has 0 bridgehead atoms. The van der Waals surface area contributed by atoms with Crippen LogP contribution in [0.25, 0.3) is 10.8 Å². The van der Waals surface area contributed by atoms with Gasteiger partial charge in [-0.2, -0.15) is 0 Å². The minimum Gasteiger partial charge on any atom is -0.391 e. The Morgan fingerprint density at radius 1 is 0.947 bits per heavy atom. The Balaban J connectivity index is 2.44. The highest BCUT2D eigenvalue weighted by atomic mass is 16.3. The minimum atomic E-state index is -0.365. The molecule has 2 nitrogen and oxygen atoms in total. The lowest BCUT2D eigenvalue weighted by molar-refractivity contribution is 0.0401. The zero-order chi connectivity index (χ0) is 14.0. The smallest absolute Gasteiger partial charge is 0.0759 e. The van der Waals surface area contributed by atoms with E-state index in [1.165, 1.54) is 16.3 Å². The summed E-state index contributed by atoms with van der Waals surface area (Å²) >= 11 is 0. The van der Waals surface area contributed by atoms with E-state index >= 15 is 0 Å². The topological polar surface area (TPSA) is 23.5 Å². The van der Waals surface area contributed by atoms with Crippen molar-refractivity contribution in [2.24, 2.45) is 5.92 Å². The molecule has 2 aromatic rings. The fraction of sp³-hybridized carbons (Fsp3) is 0.412. The number of rotatable bonds is 4. The fourth-order valence-corrected chi connectivity index (χ4v) is 2.56. The average Bonchev–Trinajstić information content (AvgIpc) is 2.38. The van der Waals surface area contributed by atoms with E-state index in [2.05, 4.69) is 55.1 Å². The van der Waals surface area contributed by atoms with Gasteiger partial charge >= 0.3 is 0 Å². The molecule has 0 unspecified atom stereocenters. The third-order valence-electron chi connectivity index (χ3n) is 3.68. The van der Waals surface area contributed by atoms with Crippen molar-refractivity contribution in [1.29, 1.82) is 0 Å². The molecule has 2 rings (SSSR count). The van der Waals surface area contributed by atoms with Gasteiger partial charge in [-0.05, 0) is 42.4 Å². The molecule has 0 aliphatic carbocycles. The lowest BCUT2D eigenvalue weighted by Crippen LogP contribution is -2.34. The average molecular weight is 257 g/mol. The molecule has 2 atom stereocenters. The lowest BCUT2D eigenvalue weighted by atomic mass is 9.91. The number of benzene rings is 2. The van der Waals surface area contributed by atoms with Gasteiger partial charge in [0, 0.05) is 0 Å². The number of aliphatic hydroxyl groups is 1. The zero-order valence-corrected chi connectivity index (χ0v) is 12.2. The summed E-state index contributed by atoms with van der Waals surface area (Å²) in [5, 5.41) is 12.9. The standard InChI is InChI=1S/C17H23NO/c1-12(2)17(19)16(18(3)4)15-10-9-13-7-5-6-8-14(13)11-15/h5-12,16-17,19H,1-4H3/t16-,17-/m0/s1. The third kappa shape index (κ3) is 2.96. The Hall–Kier alpha value is -1.38. The molecule has 19 heavy (non-hydrogen) atoms. The zero-order valence-electron chi connectivity index (χ0n) is 12.2. The summed E-state index contributed by atoms with van der Waals surface area (Å²) in [6.45, 7) is 4.12. The molecule has 0 radical (unpaired) electrons. The molecule has 0 fully saturated rings. The molecule has 0 saturated heterocycles. The number of likely N-dealkylation sites (N-methyl/N-ethyl adjacent to an activating group) is 1. The maximum atomic E-state index is 10.4. The molecule has 2 aromatic carbocycles. The van der Waals surface area contributed by atoms with Crippen LogP contribution in [0.15, 0.2) is 42.5 Å². The summed E-state index contributed by atoms with van der Waals surface area (Å²) in [6.07, 6.45) is -0.365. The number of nitrogens with zero attached hydrogens (tertiary/aromatic N) is 1. The van der Waals surface area contributed by atoms with Crippen LogP contribution in [0.2, 0.25) is 0 Å². The number of aliphatic hydroxyl groups excluding tert-OH is 1. The molecule has 0 aliphatic rings. The van der Waals surface area contributed by atoms with Gasteiger partial charge in [-0.25, -0.2) is 0 Å². The van der Waals surface area contributed by atoms with Gasteiger partial charge in [-0.3, -0.25) is 0 Å². The Morgan fingerprint density at radius 2 is 1.58 bits per heavy atom. The highest BCUT2D eigenvalue weighted by Crippen LogP contribution is 2.28. The van der Waals surface area contributed by atoms with Crippen LogP contribution in [0.3, 0.4) is 0 Å². The molecule has 0 heterocycles. The summed E-state index contributed by atoms with van der Waals surface area (Å²) < 4.78 is 0. The lowest BCUT2D eigenvalue weighted by Gasteiger charge is -2.32. The van der Waals surface area contributed by atoms with Crippen LogP contribution in [0.4, 0.5) is 0 Å². The predicted octanol–water partition coefficient (Wildman–Crippen LogP) is 3.46. The Bertz CT molecular complexity index is 548.